The number of fused-ring (bicyclic) bond motifs is 1. The molecule has 7 heteroatoms. The molecule has 0 bridgehead atoms. The summed E-state index contributed by atoms with van der Waals surface area (Å²) in [5.74, 6) is -0.311. The van der Waals surface area contributed by atoms with Crippen LogP contribution in [-0.2, 0) is 4.74 Å². The number of carbonyl (C=O) groups is 1. The van der Waals surface area contributed by atoms with E-state index in [1.807, 2.05) is 6.07 Å². The van der Waals surface area contributed by atoms with E-state index in [0.717, 1.165) is 37.9 Å². The molecule has 2 aromatic rings. The van der Waals surface area contributed by atoms with Gasteiger partial charge in [0.2, 0.25) is 5.76 Å². The molecule has 0 radical (unpaired) electrons. The number of ether oxygens (including phenoxy) is 2. The number of methoxy groups -OCH3 is 1. The van der Waals surface area contributed by atoms with E-state index in [-0.39, 0.29) is 17.8 Å². The zero-order valence-corrected chi connectivity index (χ0v) is 14.7. The fourth-order valence-corrected chi connectivity index (χ4v) is 2.99. The van der Waals surface area contributed by atoms with Crippen molar-refractivity contribution in [2.45, 2.75) is 6.92 Å². The van der Waals surface area contributed by atoms with Crippen molar-refractivity contribution >= 4 is 22.6 Å². The Kier molecular flexibility index (Phi) is 4.94. The largest absolute Gasteiger partial charge is 0.496 e. The Bertz CT molecular complexity index is 837. The molecular formula is C18H22N2O5. The number of carbonyl (C=O) groups excluding carboxylic acids is 1. The first-order valence-corrected chi connectivity index (χ1v) is 8.30. The fraction of sp³-hybridized carbons (Fsp3) is 0.444. The third-order valence-corrected chi connectivity index (χ3v) is 4.36. The third kappa shape index (κ3) is 3.32. The number of anilines is 1. The summed E-state index contributed by atoms with van der Waals surface area (Å²) in [7, 11) is 3.57. The average molecular weight is 346 g/mol. The van der Waals surface area contributed by atoms with Crippen LogP contribution in [0, 0.1) is 0 Å². The second-order valence-corrected chi connectivity index (χ2v) is 5.98. The Hall–Kier alpha value is -2.54. The Morgan fingerprint density at radius 2 is 1.96 bits per heavy atom. The highest BCUT2D eigenvalue weighted by atomic mass is 16.5. The number of benzene rings is 1. The lowest BCUT2D eigenvalue weighted by atomic mass is 10.1. The van der Waals surface area contributed by atoms with Gasteiger partial charge in [0.25, 0.3) is 0 Å². The van der Waals surface area contributed by atoms with E-state index in [1.54, 1.807) is 13.0 Å². The predicted octanol–water partition coefficient (Wildman–Crippen LogP) is 1.73. The molecule has 1 fully saturated rings. The lowest BCUT2D eigenvalue weighted by Gasteiger charge is -2.34. The summed E-state index contributed by atoms with van der Waals surface area (Å²) >= 11 is 0. The van der Waals surface area contributed by atoms with Gasteiger partial charge >= 0.3 is 5.97 Å². The van der Waals surface area contributed by atoms with Crippen LogP contribution in [0.3, 0.4) is 0 Å². The molecule has 1 aromatic carbocycles. The van der Waals surface area contributed by atoms with Gasteiger partial charge in [0.1, 0.15) is 11.1 Å². The molecule has 3 rings (SSSR count). The number of piperazine rings is 1. The molecule has 25 heavy (non-hydrogen) atoms. The molecule has 7 nitrogen and oxygen atoms in total. The Labute approximate surface area is 145 Å². The van der Waals surface area contributed by atoms with E-state index in [0.29, 0.717) is 16.7 Å². The smallest absolute Gasteiger partial charge is 0.374 e. The van der Waals surface area contributed by atoms with Crippen LogP contribution in [0.15, 0.2) is 27.4 Å². The van der Waals surface area contributed by atoms with Gasteiger partial charge in [-0.25, -0.2) is 4.79 Å². The summed E-state index contributed by atoms with van der Waals surface area (Å²) < 4.78 is 16.1. The van der Waals surface area contributed by atoms with Crippen LogP contribution in [0.4, 0.5) is 5.69 Å². The van der Waals surface area contributed by atoms with E-state index in [9.17, 15) is 9.59 Å². The van der Waals surface area contributed by atoms with E-state index in [2.05, 4.69) is 16.8 Å². The van der Waals surface area contributed by atoms with E-state index in [1.165, 1.54) is 7.11 Å². The van der Waals surface area contributed by atoms with Crippen LogP contribution < -0.4 is 15.1 Å². The molecule has 134 valence electrons. The van der Waals surface area contributed by atoms with Crippen LogP contribution in [-0.4, -0.2) is 57.8 Å². The molecule has 0 aliphatic carbocycles. The first kappa shape index (κ1) is 17.3. The van der Waals surface area contributed by atoms with Gasteiger partial charge in [-0.3, -0.25) is 4.79 Å². The second kappa shape index (κ2) is 7.14. The van der Waals surface area contributed by atoms with Crippen molar-refractivity contribution in [2.75, 3.05) is 51.8 Å². The Morgan fingerprint density at radius 3 is 2.60 bits per heavy atom. The van der Waals surface area contributed by atoms with Crippen LogP contribution in [0.1, 0.15) is 17.5 Å². The molecule has 0 unspecified atom stereocenters. The number of hydrogen-bond donors (Lipinski definition) is 0. The Morgan fingerprint density at radius 1 is 1.24 bits per heavy atom. The molecule has 0 N–H and O–H groups in total. The normalized spacial score (nSPS) is 15.4. The number of likely N-dealkylation sites (N-methyl/N-ethyl adjacent to an activating group) is 1. The summed E-state index contributed by atoms with van der Waals surface area (Å²) in [4.78, 5) is 29.0. The molecule has 0 amide bonds. The first-order valence-electron chi connectivity index (χ1n) is 8.30. The molecule has 1 aromatic heterocycles. The quantitative estimate of drug-likeness (QED) is 0.781. The summed E-state index contributed by atoms with van der Waals surface area (Å²) in [6, 6.07) is 4.79. The number of hydrogen-bond acceptors (Lipinski definition) is 7. The van der Waals surface area contributed by atoms with Crippen LogP contribution in [0.5, 0.6) is 5.75 Å². The van der Waals surface area contributed by atoms with Crippen molar-refractivity contribution in [1.82, 2.24) is 4.90 Å². The summed E-state index contributed by atoms with van der Waals surface area (Å²) in [5, 5.41) is 0.340. The van der Waals surface area contributed by atoms with Crippen molar-refractivity contribution in [1.29, 1.82) is 0 Å². The zero-order valence-electron chi connectivity index (χ0n) is 14.7. The van der Waals surface area contributed by atoms with Gasteiger partial charge in [0.15, 0.2) is 11.0 Å². The minimum atomic E-state index is -0.645. The Balaban J connectivity index is 2.16. The van der Waals surface area contributed by atoms with Crippen molar-refractivity contribution in [2.24, 2.45) is 0 Å². The van der Waals surface area contributed by atoms with Gasteiger partial charge in [-0.1, -0.05) is 0 Å². The maximum Gasteiger partial charge on any atom is 0.374 e. The number of rotatable bonds is 4. The van der Waals surface area contributed by atoms with Crippen LogP contribution in [0.25, 0.3) is 11.0 Å². The molecule has 1 aliphatic rings. The highest BCUT2D eigenvalue weighted by Crippen LogP contribution is 2.33. The zero-order chi connectivity index (χ0) is 18.0. The van der Waals surface area contributed by atoms with Crippen molar-refractivity contribution in [3.63, 3.8) is 0 Å². The highest BCUT2D eigenvalue weighted by molar-refractivity contribution is 5.96. The van der Waals surface area contributed by atoms with Gasteiger partial charge < -0.3 is 23.7 Å². The summed E-state index contributed by atoms with van der Waals surface area (Å²) in [6.45, 7) is 5.36. The average Bonchev–Trinajstić information content (AvgIpc) is 2.61. The van der Waals surface area contributed by atoms with Gasteiger partial charge in [0, 0.05) is 32.2 Å². The lowest BCUT2D eigenvalue weighted by Crippen LogP contribution is -2.44. The SMILES string of the molecule is CCOC(=O)c1cc(=O)c2c(OC)ccc(N3CCN(C)CC3)c2o1. The third-order valence-electron chi connectivity index (χ3n) is 4.36. The minimum absolute atomic E-state index is 0.0945. The predicted molar refractivity (Wildman–Crippen MR) is 94.7 cm³/mol. The summed E-state index contributed by atoms with van der Waals surface area (Å²) in [6.07, 6.45) is 0. The monoisotopic (exact) mass is 346 g/mol. The van der Waals surface area contributed by atoms with Gasteiger partial charge in [-0.05, 0) is 26.1 Å². The fourth-order valence-electron chi connectivity index (χ4n) is 2.99. The molecule has 2 heterocycles. The molecule has 0 saturated carbocycles. The second-order valence-electron chi connectivity index (χ2n) is 5.98. The molecule has 1 saturated heterocycles. The van der Waals surface area contributed by atoms with Crippen molar-refractivity contribution < 1.29 is 18.7 Å². The van der Waals surface area contributed by atoms with Gasteiger partial charge in [-0.15, -0.1) is 0 Å². The van der Waals surface area contributed by atoms with Crippen molar-refractivity contribution in [3.8, 4) is 5.75 Å². The standard InChI is InChI=1S/C18H22N2O5/c1-4-24-18(22)15-11-13(21)16-14(23-3)6-5-12(17(16)25-15)20-9-7-19(2)8-10-20/h5-6,11H,4,7-10H2,1-3H3. The minimum Gasteiger partial charge on any atom is -0.496 e. The lowest BCUT2D eigenvalue weighted by molar-refractivity contribution is 0.0490. The van der Waals surface area contributed by atoms with Gasteiger partial charge in [-0.2, -0.15) is 0 Å². The van der Waals surface area contributed by atoms with E-state index in [4.69, 9.17) is 13.9 Å². The molecule has 0 spiro atoms. The van der Waals surface area contributed by atoms with Crippen LogP contribution in [0.2, 0.25) is 0 Å². The maximum absolute atomic E-state index is 12.6. The topological polar surface area (TPSA) is 72.2 Å². The molecular weight excluding hydrogens is 324 g/mol. The molecule has 1 aliphatic heterocycles. The number of nitrogens with zero attached hydrogens (tertiary/aromatic N) is 2. The van der Waals surface area contributed by atoms with E-state index >= 15 is 0 Å². The maximum atomic E-state index is 12.6. The van der Waals surface area contributed by atoms with Crippen LogP contribution >= 0.6 is 0 Å². The number of esters is 1. The van der Waals surface area contributed by atoms with Gasteiger partial charge in [0.05, 0.1) is 19.4 Å². The molecule has 0 atom stereocenters. The van der Waals surface area contributed by atoms with Crippen molar-refractivity contribution in [3.05, 3.63) is 34.2 Å². The highest BCUT2D eigenvalue weighted by Gasteiger charge is 2.22. The first-order chi connectivity index (χ1) is 12.0. The van der Waals surface area contributed by atoms with E-state index < -0.39 is 5.97 Å². The summed E-state index contributed by atoms with van der Waals surface area (Å²) in [5.41, 5.74) is 0.823.